The minimum absolute atomic E-state index is 0.144. The number of nitrogens with two attached hydrogens (primary N) is 1. The highest BCUT2D eigenvalue weighted by Gasteiger charge is 2.17. The molecule has 0 saturated carbocycles. The third kappa shape index (κ3) is 4.31. The van der Waals surface area contributed by atoms with Crippen molar-refractivity contribution < 1.29 is 9.59 Å². The summed E-state index contributed by atoms with van der Waals surface area (Å²) in [5, 5.41) is 3.13. The van der Waals surface area contributed by atoms with Crippen LogP contribution < -0.4 is 11.1 Å². The molecule has 0 aliphatic rings. The molecule has 0 radical (unpaired) electrons. The molecule has 0 saturated heterocycles. The molecule has 5 nitrogen and oxygen atoms in total. The molecule has 3 aromatic rings. The van der Waals surface area contributed by atoms with Crippen LogP contribution in [0.3, 0.4) is 0 Å². The number of fused-ring (bicyclic) bond motifs is 1. The fraction of sp³-hybridized carbons (Fsp3) is 0.118. The molecule has 25 heavy (non-hydrogen) atoms. The van der Waals surface area contributed by atoms with E-state index in [1.165, 1.54) is 23.1 Å². The predicted molar refractivity (Wildman–Crippen MR) is 104 cm³/mol. The fourth-order valence-electron chi connectivity index (χ4n) is 2.10. The lowest BCUT2D eigenvalue weighted by Gasteiger charge is -2.10. The van der Waals surface area contributed by atoms with Crippen LogP contribution >= 0.6 is 34.7 Å². The van der Waals surface area contributed by atoms with Crippen molar-refractivity contribution in [3.8, 4) is 0 Å². The summed E-state index contributed by atoms with van der Waals surface area (Å²) in [6, 6.07) is 12.0. The van der Waals surface area contributed by atoms with Crippen LogP contribution in [0.5, 0.6) is 0 Å². The van der Waals surface area contributed by atoms with Crippen molar-refractivity contribution in [2.24, 2.45) is 5.73 Å². The Hall–Kier alpha value is -2.09. The van der Waals surface area contributed by atoms with E-state index in [0.29, 0.717) is 16.3 Å². The van der Waals surface area contributed by atoms with E-state index in [1.807, 2.05) is 25.1 Å². The van der Waals surface area contributed by atoms with E-state index in [0.717, 1.165) is 14.6 Å². The lowest BCUT2D eigenvalue weighted by Crippen LogP contribution is -2.22. The smallest absolute Gasteiger partial charge is 0.248 e. The SMILES string of the molecule is C[C@@H](Sc1nc2cc(Cl)ccc2s1)C(=O)Nc1ccc(C(N)=O)cc1. The maximum Gasteiger partial charge on any atom is 0.248 e. The molecule has 2 aromatic carbocycles. The summed E-state index contributed by atoms with van der Waals surface area (Å²) in [6.07, 6.45) is 0. The van der Waals surface area contributed by atoms with E-state index < -0.39 is 5.91 Å². The molecule has 2 amide bonds. The molecule has 8 heteroatoms. The Bertz CT molecular complexity index is 941. The monoisotopic (exact) mass is 391 g/mol. The average molecular weight is 392 g/mol. The zero-order valence-corrected chi connectivity index (χ0v) is 15.5. The summed E-state index contributed by atoms with van der Waals surface area (Å²) in [5.41, 5.74) is 7.03. The van der Waals surface area contributed by atoms with E-state index in [-0.39, 0.29) is 11.2 Å². The molecule has 128 valence electrons. The molecule has 0 bridgehead atoms. The van der Waals surface area contributed by atoms with Crippen molar-refractivity contribution in [1.82, 2.24) is 4.98 Å². The van der Waals surface area contributed by atoms with Gasteiger partial charge in [0.1, 0.15) is 0 Å². The fourth-order valence-corrected chi connectivity index (χ4v) is 4.45. The number of benzene rings is 2. The lowest BCUT2D eigenvalue weighted by molar-refractivity contribution is -0.115. The number of halogens is 1. The van der Waals surface area contributed by atoms with Gasteiger partial charge in [0.05, 0.1) is 15.5 Å². The second-order valence-corrected chi connectivity index (χ2v) is 8.34. The number of thiazole rings is 1. The van der Waals surface area contributed by atoms with Crippen LogP contribution in [-0.2, 0) is 4.79 Å². The number of aromatic nitrogens is 1. The van der Waals surface area contributed by atoms with Gasteiger partial charge < -0.3 is 11.1 Å². The minimum atomic E-state index is -0.502. The number of anilines is 1. The highest BCUT2D eigenvalue weighted by molar-refractivity contribution is 8.02. The Morgan fingerprint density at radius 1 is 1.24 bits per heavy atom. The Kier molecular flexibility index (Phi) is 5.27. The van der Waals surface area contributed by atoms with Gasteiger partial charge in [-0.05, 0) is 49.4 Å². The number of hydrogen-bond donors (Lipinski definition) is 2. The first-order chi connectivity index (χ1) is 11.9. The predicted octanol–water partition coefficient (Wildman–Crippen LogP) is 4.17. The third-order valence-electron chi connectivity index (χ3n) is 3.41. The molecule has 1 atom stereocenters. The molecule has 3 rings (SSSR count). The molecule has 0 fully saturated rings. The quantitative estimate of drug-likeness (QED) is 0.639. The highest BCUT2D eigenvalue weighted by Crippen LogP contribution is 2.33. The van der Waals surface area contributed by atoms with Crippen LogP contribution in [0.4, 0.5) is 5.69 Å². The first kappa shape index (κ1) is 17.7. The Morgan fingerprint density at radius 2 is 1.96 bits per heavy atom. The van der Waals surface area contributed by atoms with Crippen LogP contribution in [0, 0.1) is 0 Å². The Balaban J connectivity index is 1.66. The van der Waals surface area contributed by atoms with Crippen LogP contribution in [0.2, 0.25) is 5.02 Å². The number of carbonyl (C=O) groups excluding carboxylic acids is 2. The average Bonchev–Trinajstić information content (AvgIpc) is 2.96. The van der Waals surface area contributed by atoms with Gasteiger partial charge in [-0.3, -0.25) is 9.59 Å². The first-order valence-electron chi connectivity index (χ1n) is 7.36. The normalized spacial score (nSPS) is 12.1. The Labute approximate surface area is 157 Å². The van der Waals surface area contributed by atoms with E-state index in [1.54, 1.807) is 24.3 Å². The summed E-state index contributed by atoms with van der Waals surface area (Å²) in [5.74, 6) is -0.646. The highest BCUT2D eigenvalue weighted by atomic mass is 35.5. The van der Waals surface area contributed by atoms with Gasteiger partial charge >= 0.3 is 0 Å². The molecule has 0 aliphatic heterocycles. The van der Waals surface area contributed by atoms with Gasteiger partial charge in [0.25, 0.3) is 0 Å². The minimum Gasteiger partial charge on any atom is -0.366 e. The topological polar surface area (TPSA) is 85.1 Å². The van der Waals surface area contributed by atoms with Crippen molar-refractivity contribution >= 4 is 62.4 Å². The van der Waals surface area contributed by atoms with Gasteiger partial charge in [-0.1, -0.05) is 23.4 Å². The molecule has 0 unspecified atom stereocenters. The van der Waals surface area contributed by atoms with Crippen LogP contribution in [0.1, 0.15) is 17.3 Å². The zero-order valence-electron chi connectivity index (χ0n) is 13.2. The van der Waals surface area contributed by atoms with Crippen molar-refractivity contribution in [1.29, 1.82) is 0 Å². The van der Waals surface area contributed by atoms with E-state index >= 15 is 0 Å². The summed E-state index contributed by atoms with van der Waals surface area (Å²) >= 11 is 8.88. The van der Waals surface area contributed by atoms with Crippen LogP contribution in [-0.4, -0.2) is 22.0 Å². The summed E-state index contributed by atoms with van der Waals surface area (Å²) in [6.45, 7) is 1.82. The number of nitrogens with one attached hydrogen (secondary N) is 1. The molecule has 3 N–H and O–H groups in total. The number of nitrogens with zero attached hydrogens (tertiary/aromatic N) is 1. The van der Waals surface area contributed by atoms with Gasteiger partial charge in [0, 0.05) is 16.3 Å². The lowest BCUT2D eigenvalue weighted by atomic mass is 10.2. The van der Waals surface area contributed by atoms with Gasteiger partial charge in [-0.15, -0.1) is 11.3 Å². The summed E-state index contributed by atoms with van der Waals surface area (Å²) < 4.78 is 1.84. The van der Waals surface area contributed by atoms with Gasteiger partial charge in [0.15, 0.2) is 4.34 Å². The maximum absolute atomic E-state index is 12.3. The Morgan fingerprint density at radius 3 is 2.64 bits per heavy atom. The largest absolute Gasteiger partial charge is 0.366 e. The second kappa shape index (κ2) is 7.43. The van der Waals surface area contributed by atoms with Crippen LogP contribution in [0.15, 0.2) is 46.8 Å². The van der Waals surface area contributed by atoms with Crippen molar-refractivity contribution in [3.05, 3.63) is 53.1 Å². The molecular weight excluding hydrogens is 378 g/mol. The number of amides is 2. The first-order valence-corrected chi connectivity index (χ1v) is 9.43. The van der Waals surface area contributed by atoms with E-state index in [2.05, 4.69) is 10.3 Å². The van der Waals surface area contributed by atoms with Crippen molar-refractivity contribution in [3.63, 3.8) is 0 Å². The molecule has 0 spiro atoms. The summed E-state index contributed by atoms with van der Waals surface area (Å²) in [7, 11) is 0. The number of carbonyl (C=O) groups is 2. The van der Waals surface area contributed by atoms with Crippen molar-refractivity contribution in [2.75, 3.05) is 5.32 Å². The van der Waals surface area contributed by atoms with Crippen molar-refractivity contribution in [2.45, 2.75) is 16.5 Å². The van der Waals surface area contributed by atoms with E-state index in [4.69, 9.17) is 17.3 Å². The maximum atomic E-state index is 12.3. The second-order valence-electron chi connectivity index (χ2n) is 5.28. The standard InChI is InChI=1S/C17H14ClN3O2S2/c1-9(16(23)20-12-5-2-10(3-6-12)15(19)22)24-17-21-13-8-11(18)4-7-14(13)25-17/h2-9H,1H3,(H2,19,22)(H,20,23)/t9-/m1/s1. The number of hydrogen-bond acceptors (Lipinski definition) is 5. The molecular formula is C17H14ClN3O2S2. The molecule has 1 heterocycles. The molecule has 0 aliphatic carbocycles. The van der Waals surface area contributed by atoms with Gasteiger partial charge in [-0.2, -0.15) is 0 Å². The molecule has 1 aromatic heterocycles. The number of primary amides is 1. The number of thioether (sulfide) groups is 1. The third-order valence-corrected chi connectivity index (χ3v) is 5.88. The van der Waals surface area contributed by atoms with Crippen LogP contribution in [0.25, 0.3) is 10.2 Å². The van der Waals surface area contributed by atoms with Gasteiger partial charge in [-0.25, -0.2) is 4.98 Å². The van der Waals surface area contributed by atoms with E-state index in [9.17, 15) is 9.59 Å². The summed E-state index contributed by atoms with van der Waals surface area (Å²) in [4.78, 5) is 27.9. The number of rotatable bonds is 5. The van der Waals surface area contributed by atoms with Gasteiger partial charge in [0.2, 0.25) is 11.8 Å². The zero-order chi connectivity index (χ0) is 18.0.